The second-order valence-corrected chi connectivity index (χ2v) is 6.51. The highest BCUT2D eigenvalue weighted by Crippen LogP contribution is 2.17. The van der Waals surface area contributed by atoms with Crippen LogP contribution in [0.2, 0.25) is 0 Å². The molecule has 0 radical (unpaired) electrons. The molecule has 2 amide bonds. The maximum Gasteiger partial charge on any atom is 0.315 e. The van der Waals surface area contributed by atoms with Crippen LogP contribution in [0.1, 0.15) is 23.6 Å². The van der Waals surface area contributed by atoms with Crippen LogP contribution in [-0.4, -0.2) is 35.4 Å². The highest BCUT2D eigenvalue weighted by Gasteiger charge is 2.18. The Morgan fingerprint density at radius 1 is 1.07 bits per heavy atom. The average molecular weight is 392 g/mol. The van der Waals surface area contributed by atoms with Crippen LogP contribution in [-0.2, 0) is 16.0 Å². The van der Waals surface area contributed by atoms with E-state index in [1.807, 2.05) is 66.9 Å². The lowest BCUT2D eigenvalue weighted by molar-refractivity contribution is -0.141. The number of nitrogens with zero attached hydrogens (tertiary/aromatic N) is 2. The van der Waals surface area contributed by atoms with Gasteiger partial charge in [-0.25, -0.2) is 9.48 Å². The van der Waals surface area contributed by atoms with Gasteiger partial charge in [-0.3, -0.25) is 4.79 Å². The fraction of sp³-hybridized carbons (Fsp3) is 0.227. The van der Waals surface area contributed by atoms with E-state index in [-0.39, 0.29) is 18.4 Å². The number of ether oxygens (including phenoxy) is 1. The zero-order chi connectivity index (χ0) is 20.5. The number of esters is 1. The normalized spacial score (nSPS) is 11.5. The third kappa shape index (κ3) is 5.93. The Kier molecular flexibility index (Phi) is 7.00. The largest absolute Gasteiger partial charge is 0.469 e. The predicted molar refractivity (Wildman–Crippen MR) is 110 cm³/mol. The summed E-state index contributed by atoms with van der Waals surface area (Å²) in [6.45, 7) is 0.479. The highest BCUT2D eigenvalue weighted by molar-refractivity contribution is 5.76. The molecule has 1 atom stereocenters. The van der Waals surface area contributed by atoms with Gasteiger partial charge in [0.2, 0.25) is 0 Å². The van der Waals surface area contributed by atoms with Crippen molar-refractivity contribution in [3.05, 3.63) is 84.2 Å². The first kappa shape index (κ1) is 20.1. The van der Waals surface area contributed by atoms with Crippen LogP contribution in [0.3, 0.4) is 0 Å². The van der Waals surface area contributed by atoms with Crippen LogP contribution >= 0.6 is 0 Å². The number of rotatable bonds is 8. The van der Waals surface area contributed by atoms with E-state index < -0.39 is 6.04 Å². The van der Waals surface area contributed by atoms with Crippen molar-refractivity contribution in [1.29, 1.82) is 0 Å². The van der Waals surface area contributed by atoms with Crippen LogP contribution < -0.4 is 10.6 Å². The van der Waals surface area contributed by atoms with Gasteiger partial charge < -0.3 is 15.4 Å². The molecule has 0 aliphatic carbocycles. The van der Waals surface area contributed by atoms with Crippen molar-refractivity contribution < 1.29 is 14.3 Å². The summed E-state index contributed by atoms with van der Waals surface area (Å²) in [6.07, 6.45) is 4.39. The Balaban J connectivity index is 1.50. The summed E-state index contributed by atoms with van der Waals surface area (Å²) in [6, 6.07) is 18.5. The minimum Gasteiger partial charge on any atom is -0.469 e. The van der Waals surface area contributed by atoms with Gasteiger partial charge in [0.1, 0.15) is 0 Å². The van der Waals surface area contributed by atoms with E-state index in [0.29, 0.717) is 13.0 Å². The van der Waals surface area contributed by atoms with Gasteiger partial charge in [0.05, 0.1) is 25.3 Å². The highest BCUT2D eigenvalue weighted by atomic mass is 16.5. The van der Waals surface area contributed by atoms with Crippen LogP contribution in [0.4, 0.5) is 4.79 Å². The van der Waals surface area contributed by atoms with Crippen LogP contribution in [0.5, 0.6) is 0 Å². The molecule has 29 heavy (non-hydrogen) atoms. The van der Waals surface area contributed by atoms with E-state index in [1.165, 1.54) is 7.11 Å². The Morgan fingerprint density at radius 3 is 2.48 bits per heavy atom. The molecule has 1 aromatic heterocycles. The molecular weight excluding hydrogens is 368 g/mol. The lowest BCUT2D eigenvalue weighted by atomic mass is 10.0. The quantitative estimate of drug-likeness (QED) is 0.577. The summed E-state index contributed by atoms with van der Waals surface area (Å²) in [4.78, 5) is 24.0. The van der Waals surface area contributed by atoms with E-state index in [2.05, 4.69) is 15.7 Å². The monoisotopic (exact) mass is 392 g/mol. The van der Waals surface area contributed by atoms with E-state index >= 15 is 0 Å². The maximum atomic E-state index is 12.3. The summed E-state index contributed by atoms with van der Waals surface area (Å²) < 4.78 is 6.53. The standard InChI is InChI=1S/C22H24N4O3/c1-29-21(27)16-20(18-6-3-2-4-7-18)25-22(28)23-14-12-17-8-10-19(11-9-17)26-15-5-13-24-26/h2-11,13,15,20H,12,14,16H2,1H3,(H2,23,25,28)/t20-/m1/s1. The number of benzene rings is 2. The molecule has 0 aliphatic rings. The molecule has 7 heteroatoms. The SMILES string of the molecule is COC(=O)C[C@@H](NC(=O)NCCc1ccc(-n2cccn2)cc1)c1ccccc1. The van der Waals surface area contributed by atoms with Crippen molar-refractivity contribution in [1.82, 2.24) is 20.4 Å². The number of carbonyl (C=O) groups excluding carboxylic acids is 2. The first-order valence-electron chi connectivity index (χ1n) is 9.41. The number of urea groups is 1. The first-order valence-corrected chi connectivity index (χ1v) is 9.41. The van der Waals surface area contributed by atoms with Gasteiger partial charge in [-0.05, 0) is 35.7 Å². The molecule has 0 saturated heterocycles. The fourth-order valence-electron chi connectivity index (χ4n) is 2.95. The van der Waals surface area contributed by atoms with Crippen molar-refractivity contribution in [2.75, 3.05) is 13.7 Å². The molecular formula is C22H24N4O3. The molecule has 0 aliphatic heterocycles. The molecule has 0 fully saturated rings. The molecule has 7 nitrogen and oxygen atoms in total. The molecule has 0 bridgehead atoms. The number of methoxy groups -OCH3 is 1. The van der Waals surface area contributed by atoms with Crippen molar-refractivity contribution in [2.45, 2.75) is 18.9 Å². The Hall–Kier alpha value is -3.61. The number of nitrogens with one attached hydrogen (secondary N) is 2. The first-order chi connectivity index (χ1) is 14.2. The van der Waals surface area contributed by atoms with E-state index in [9.17, 15) is 9.59 Å². The Bertz CT molecular complexity index is 909. The number of carbonyl (C=O) groups is 2. The lowest BCUT2D eigenvalue weighted by Crippen LogP contribution is -2.39. The smallest absolute Gasteiger partial charge is 0.315 e. The number of hydrogen-bond acceptors (Lipinski definition) is 4. The molecule has 2 N–H and O–H groups in total. The third-order valence-electron chi connectivity index (χ3n) is 4.51. The summed E-state index contributed by atoms with van der Waals surface area (Å²) >= 11 is 0. The maximum absolute atomic E-state index is 12.3. The molecule has 150 valence electrons. The van der Waals surface area contributed by atoms with Crippen molar-refractivity contribution in [3.63, 3.8) is 0 Å². The third-order valence-corrected chi connectivity index (χ3v) is 4.51. The van der Waals surface area contributed by atoms with Gasteiger partial charge in [0, 0.05) is 18.9 Å². The van der Waals surface area contributed by atoms with Crippen molar-refractivity contribution >= 4 is 12.0 Å². The summed E-state index contributed by atoms with van der Waals surface area (Å²) in [5.41, 5.74) is 2.94. The van der Waals surface area contributed by atoms with Crippen molar-refractivity contribution in [2.24, 2.45) is 0 Å². The lowest BCUT2D eigenvalue weighted by Gasteiger charge is -2.18. The summed E-state index contributed by atoms with van der Waals surface area (Å²) in [5.74, 6) is -0.378. The van der Waals surface area contributed by atoms with Gasteiger partial charge in [-0.15, -0.1) is 0 Å². The van der Waals surface area contributed by atoms with E-state index in [1.54, 1.807) is 10.9 Å². The fourth-order valence-corrected chi connectivity index (χ4v) is 2.95. The zero-order valence-corrected chi connectivity index (χ0v) is 16.2. The Labute approximate surface area is 169 Å². The Morgan fingerprint density at radius 2 is 1.83 bits per heavy atom. The van der Waals surface area contributed by atoms with Crippen LogP contribution in [0.15, 0.2) is 73.1 Å². The molecule has 1 heterocycles. The zero-order valence-electron chi connectivity index (χ0n) is 16.2. The average Bonchev–Trinajstić information content (AvgIpc) is 3.29. The van der Waals surface area contributed by atoms with Crippen molar-refractivity contribution in [3.8, 4) is 5.69 Å². The number of aromatic nitrogens is 2. The number of hydrogen-bond donors (Lipinski definition) is 2. The van der Waals surface area contributed by atoms with E-state index in [4.69, 9.17) is 4.74 Å². The molecule has 0 unspecified atom stereocenters. The molecule has 3 aromatic rings. The molecule has 3 rings (SSSR count). The topological polar surface area (TPSA) is 85.2 Å². The minimum absolute atomic E-state index is 0.0722. The van der Waals surface area contributed by atoms with E-state index in [0.717, 1.165) is 16.8 Å². The number of amides is 2. The van der Waals surface area contributed by atoms with Gasteiger partial charge in [0.25, 0.3) is 0 Å². The van der Waals surface area contributed by atoms with Gasteiger partial charge in [-0.1, -0.05) is 42.5 Å². The second kappa shape index (κ2) is 10.1. The predicted octanol–water partition coefficient (Wildman–Crippen LogP) is 3.02. The van der Waals surface area contributed by atoms with Crippen LogP contribution in [0, 0.1) is 0 Å². The van der Waals surface area contributed by atoms with Gasteiger partial charge in [-0.2, -0.15) is 5.10 Å². The summed E-state index contributed by atoms with van der Waals surface area (Å²) in [5, 5.41) is 9.89. The summed E-state index contributed by atoms with van der Waals surface area (Å²) in [7, 11) is 1.34. The molecule has 2 aromatic carbocycles. The second-order valence-electron chi connectivity index (χ2n) is 6.51. The van der Waals surface area contributed by atoms with Gasteiger partial charge >= 0.3 is 12.0 Å². The molecule has 0 spiro atoms. The van der Waals surface area contributed by atoms with Crippen LogP contribution in [0.25, 0.3) is 5.69 Å². The van der Waals surface area contributed by atoms with Gasteiger partial charge in [0.15, 0.2) is 0 Å². The molecule has 0 saturated carbocycles. The minimum atomic E-state index is -0.447.